The molecule has 1 heterocycles. The Hall–Kier alpha value is -3.24. The minimum Gasteiger partial charge on any atom is -0.371 e. The molecule has 5 nitrogen and oxygen atoms in total. The van der Waals surface area contributed by atoms with Crippen molar-refractivity contribution < 1.29 is 26.3 Å². The highest BCUT2D eigenvalue weighted by Crippen LogP contribution is 2.38. The predicted molar refractivity (Wildman–Crippen MR) is 146 cm³/mol. The highest BCUT2D eigenvalue weighted by Gasteiger charge is 2.37. The summed E-state index contributed by atoms with van der Waals surface area (Å²) in [6.07, 6.45) is -0.513. The van der Waals surface area contributed by atoms with Crippen molar-refractivity contribution >= 4 is 11.6 Å². The van der Waals surface area contributed by atoms with Gasteiger partial charge in [0.1, 0.15) is 6.33 Å². The maximum atomic E-state index is 13.6. The normalized spacial score (nSPS) is 15.9. The number of alkyl halides is 6. The van der Waals surface area contributed by atoms with Crippen LogP contribution in [0.25, 0.3) is 0 Å². The number of hydrogen-bond donors (Lipinski definition) is 0. The van der Waals surface area contributed by atoms with Crippen LogP contribution >= 0.6 is 0 Å². The van der Waals surface area contributed by atoms with Gasteiger partial charge in [-0.15, -0.1) is 5.10 Å². The van der Waals surface area contributed by atoms with Crippen LogP contribution in [0.15, 0.2) is 36.7 Å². The number of nitrogens with zero attached hydrogens (tertiary/aromatic N) is 5. The topological polar surface area (TPSA) is 37.2 Å². The Balaban J connectivity index is 1.54. The molecule has 1 aromatic heterocycles. The molecule has 0 N–H and O–H groups in total. The second-order valence-corrected chi connectivity index (χ2v) is 11.3. The predicted octanol–water partition coefficient (Wildman–Crippen LogP) is 7.56. The Morgan fingerprint density at radius 3 is 2.02 bits per heavy atom. The Morgan fingerprint density at radius 2 is 1.46 bits per heavy atom. The molecule has 1 fully saturated rings. The van der Waals surface area contributed by atoms with Crippen LogP contribution in [-0.4, -0.2) is 27.9 Å². The van der Waals surface area contributed by atoms with Crippen molar-refractivity contribution in [3.63, 3.8) is 0 Å². The highest BCUT2D eigenvalue weighted by atomic mass is 19.4. The Morgan fingerprint density at radius 1 is 0.829 bits per heavy atom. The van der Waals surface area contributed by atoms with E-state index in [9.17, 15) is 26.3 Å². The standard InChI is InChI=1S/C30H35F6N5/c1-3-40(16-20-7-4-5-8-20)27-14-23-10-6-9-22(23)13-24(27)18-41(28-37-19-39(2)38-28)17-21-11-25(29(31,32)33)15-26(12-21)30(34,35)36/h11-15,19-20H,3-10,16-18H2,1-2H3. The molecule has 0 amide bonds. The molecule has 0 radical (unpaired) electrons. The van der Waals surface area contributed by atoms with Gasteiger partial charge in [-0.2, -0.15) is 26.3 Å². The smallest absolute Gasteiger partial charge is 0.371 e. The minimum absolute atomic E-state index is 0.111. The monoisotopic (exact) mass is 579 g/mol. The maximum Gasteiger partial charge on any atom is 0.416 e. The lowest BCUT2D eigenvalue weighted by Gasteiger charge is -2.31. The fourth-order valence-electron chi connectivity index (χ4n) is 6.19. The first-order valence-electron chi connectivity index (χ1n) is 14.2. The third kappa shape index (κ3) is 6.81. The Bertz CT molecular complexity index is 1320. The quantitative estimate of drug-likeness (QED) is 0.245. The highest BCUT2D eigenvalue weighted by molar-refractivity contribution is 5.60. The zero-order valence-corrected chi connectivity index (χ0v) is 23.3. The van der Waals surface area contributed by atoms with Gasteiger partial charge in [-0.05, 0) is 91.5 Å². The van der Waals surface area contributed by atoms with Crippen molar-refractivity contribution in [2.75, 3.05) is 22.9 Å². The van der Waals surface area contributed by atoms with E-state index in [0.717, 1.165) is 55.7 Å². The lowest BCUT2D eigenvalue weighted by Crippen LogP contribution is -2.31. The summed E-state index contributed by atoms with van der Waals surface area (Å²) in [7, 11) is 1.67. The van der Waals surface area contributed by atoms with Crippen molar-refractivity contribution in [3.8, 4) is 0 Å². The molecule has 3 aromatic rings. The number of hydrogen-bond acceptors (Lipinski definition) is 4. The Kier molecular flexibility index (Phi) is 8.25. The summed E-state index contributed by atoms with van der Waals surface area (Å²) in [5.74, 6) is 0.847. The van der Waals surface area contributed by atoms with Crippen LogP contribution in [0.4, 0.5) is 38.0 Å². The summed E-state index contributed by atoms with van der Waals surface area (Å²) in [5.41, 5.74) is 1.82. The van der Waals surface area contributed by atoms with E-state index in [-0.39, 0.29) is 30.7 Å². The molecule has 0 aliphatic heterocycles. The SMILES string of the molecule is CCN(CC1CCCC1)c1cc2c(cc1CN(Cc1cc(C(F)(F)F)cc(C(F)(F)F)c1)c1ncn(C)n1)CCC2. The molecule has 11 heteroatoms. The van der Waals surface area contributed by atoms with Gasteiger partial charge < -0.3 is 9.80 Å². The van der Waals surface area contributed by atoms with Gasteiger partial charge in [0.15, 0.2) is 0 Å². The van der Waals surface area contributed by atoms with Crippen LogP contribution in [0.3, 0.4) is 0 Å². The van der Waals surface area contributed by atoms with E-state index in [1.165, 1.54) is 47.8 Å². The van der Waals surface area contributed by atoms with Crippen LogP contribution in [0.5, 0.6) is 0 Å². The van der Waals surface area contributed by atoms with Crippen molar-refractivity contribution in [3.05, 3.63) is 70.0 Å². The molecule has 0 bridgehead atoms. The molecular weight excluding hydrogens is 544 g/mol. The summed E-state index contributed by atoms with van der Waals surface area (Å²) in [5, 5.41) is 4.37. The second-order valence-electron chi connectivity index (χ2n) is 11.3. The molecule has 0 atom stereocenters. The van der Waals surface area contributed by atoms with Crippen molar-refractivity contribution in [2.45, 2.75) is 77.3 Å². The van der Waals surface area contributed by atoms with Gasteiger partial charge in [-0.1, -0.05) is 18.9 Å². The Labute approximate surface area is 236 Å². The van der Waals surface area contributed by atoms with E-state index >= 15 is 0 Å². The van der Waals surface area contributed by atoms with Crippen LogP contribution in [-0.2, 0) is 45.3 Å². The maximum absolute atomic E-state index is 13.6. The summed E-state index contributed by atoms with van der Waals surface area (Å²) >= 11 is 0. The average molecular weight is 580 g/mol. The van der Waals surface area contributed by atoms with Gasteiger partial charge >= 0.3 is 12.4 Å². The summed E-state index contributed by atoms with van der Waals surface area (Å²) in [6.45, 7) is 3.86. The molecule has 5 rings (SSSR count). The molecule has 0 spiro atoms. The van der Waals surface area contributed by atoms with Gasteiger partial charge in [-0.3, -0.25) is 4.68 Å². The average Bonchev–Trinajstić information content (AvgIpc) is 3.67. The van der Waals surface area contributed by atoms with Gasteiger partial charge in [0.25, 0.3) is 0 Å². The molecule has 222 valence electrons. The number of halogens is 6. The van der Waals surface area contributed by atoms with Crippen molar-refractivity contribution in [1.82, 2.24) is 14.8 Å². The van der Waals surface area contributed by atoms with Crippen LogP contribution in [0.2, 0.25) is 0 Å². The number of aryl methyl sites for hydroxylation is 3. The van der Waals surface area contributed by atoms with Gasteiger partial charge in [0.05, 0.1) is 11.1 Å². The van der Waals surface area contributed by atoms with E-state index in [1.54, 1.807) is 11.9 Å². The van der Waals surface area contributed by atoms with E-state index in [4.69, 9.17) is 0 Å². The van der Waals surface area contributed by atoms with E-state index in [1.807, 2.05) is 0 Å². The van der Waals surface area contributed by atoms with Crippen molar-refractivity contribution in [2.24, 2.45) is 13.0 Å². The molecule has 0 unspecified atom stereocenters. The van der Waals surface area contributed by atoms with Crippen LogP contribution in [0, 0.1) is 5.92 Å². The number of anilines is 2. The fraction of sp³-hybridized carbons (Fsp3) is 0.533. The molecular formula is C30H35F6N5. The van der Waals surface area contributed by atoms with Gasteiger partial charge in [-0.25, -0.2) is 4.98 Å². The molecule has 0 saturated heterocycles. The number of rotatable bonds is 9. The molecule has 2 aromatic carbocycles. The molecule has 2 aliphatic rings. The summed E-state index contributed by atoms with van der Waals surface area (Å²) in [4.78, 5) is 8.36. The van der Waals surface area contributed by atoms with E-state index < -0.39 is 23.5 Å². The number of fused-ring (bicyclic) bond motifs is 1. The minimum atomic E-state index is -4.92. The van der Waals surface area contributed by atoms with Crippen LogP contribution < -0.4 is 9.80 Å². The number of benzene rings is 2. The zero-order valence-electron chi connectivity index (χ0n) is 23.3. The lowest BCUT2D eigenvalue weighted by atomic mass is 10.0. The first-order chi connectivity index (χ1) is 19.4. The first kappa shape index (κ1) is 29.3. The summed E-state index contributed by atoms with van der Waals surface area (Å²) in [6, 6.07) is 6.14. The third-order valence-electron chi connectivity index (χ3n) is 8.22. The third-order valence-corrected chi connectivity index (χ3v) is 8.22. The number of aromatic nitrogens is 3. The summed E-state index contributed by atoms with van der Waals surface area (Å²) < 4.78 is 83.1. The first-order valence-corrected chi connectivity index (χ1v) is 14.2. The largest absolute Gasteiger partial charge is 0.416 e. The fourth-order valence-corrected chi connectivity index (χ4v) is 6.19. The zero-order chi connectivity index (χ0) is 29.4. The van der Waals surface area contributed by atoms with Gasteiger partial charge in [0, 0.05) is 38.9 Å². The molecule has 41 heavy (non-hydrogen) atoms. The van der Waals surface area contributed by atoms with Crippen LogP contribution in [0.1, 0.15) is 72.4 Å². The van der Waals surface area contributed by atoms with Gasteiger partial charge in [0.2, 0.25) is 5.95 Å². The second kappa shape index (κ2) is 11.6. The van der Waals surface area contributed by atoms with E-state index in [0.29, 0.717) is 5.92 Å². The van der Waals surface area contributed by atoms with Crippen molar-refractivity contribution in [1.29, 1.82) is 0 Å². The van der Waals surface area contributed by atoms with E-state index in [2.05, 4.69) is 34.0 Å². The molecule has 1 saturated carbocycles. The lowest BCUT2D eigenvalue weighted by molar-refractivity contribution is -0.143. The molecule has 2 aliphatic carbocycles.